The molecule has 780 valence electrons. The number of urea groups is 4. The average Bonchev–Trinajstić information content (AvgIpc) is 0.808. The van der Waals surface area contributed by atoms with Gasteiger partial charge in [-0.05, 0) is 328 Å². The summed E-state index contributed by atoms with van der Waals surface area (Å²) in [5, 5.41) is 26.4. The number of nitrogens with one attached hydrogen (secondary N) is 9. The first-order valence-electron chi connectivity index (χ1n) is 51.1. The maximum absolute atomic E-state index is 12.3. The highest BCUT2D eigenvalue weighted by Crippen LogP contribution is 2.45. The second kappa shape index (κ2) is 53.6. The summed E-state index contributed by atoms with van der Waals surface area (Å²) in [5.74, 6) is 8.84. The van der Waals surface area contributed by atoms with Crippen LogP contribution in [-0.4, -0.2) is 168 Å². The lowest BCUT2D eigenvalue weighted by Crippen LogP contribution is -2.49. The summed E-state index contributed by atoms with van der Waals surface area (Å²) in [7, 11) is 7.60. The van der Waals surface area contributed by atoms with Gasteiger partial charge in [0.1, 0.15) is 32.5 Å². The molecule has 24 nitrogen and oxygen atoms in total. The standard InChI is InChI=1S/C19H30N2O2.C18H28N2O2.2C14H27NO2.C12H24N2O.C11H22N2O.C11H21NO.C11H22O2S/c1-19(2,3)12-15-10-16(11-15)20-18(22)21(4)13-14-6-8-17(23-5)9-7-14;1-18(2,3)11-14-9-15(10-14)20-17(21)19-12-13-5-7-16(22-4)8-6-13;2*1-13(2,3)9-10-7-11(8-10)15-12(16)17-14(4,5)6;1-12(2,3)8-9-6-10(7-9)13-11(15)14(4)5;1-11(2,3)7-8-5-9(6-8)13-10(14)12-4;1-8(13)12-10-5-9(6-10)7-11(2,3)4;1-11(2,3)7-9-5-10(6-9)8-14(4,12)13/h6-9,15-16H,10-13H2,1-5H3,(H,20,22);5-8,14-15H,9-12H2,1-4H3,(H2,19,20,21);2*10-11H,7-9H2,1-6H3,(H,15,16);9-10H,6-8H2,1-5H3,(H,13,15);8-9H,5-7H2,1-4H3,(H2,12,13,14);9-10H,5-7H2,1-4H3,(H,12,13);9-10H,5-8H2,1-4H3. The van der Waals surface area contributed by atoms with Gasteiger partial charge >= 0.3 is 36.3 Å². The second-order valence-corrected chi connectivity index (χ2v) is 55.7. The minimum Gasteiger partial charge on any atom is -0.497 e. The Morgan fingerprint density at radius 3 is 0.822 bits per heavy atom. The third kappa shape index (κ3) is 59.3. The Hall–Kier alpha value is -6.92. The van der Waals surface area contributed by atoms with Gasteiger partial charge in [-0.2, -0.15) is 0 Å². The number of benzene rings is 2. The van der Waals surface area contributed by atoms with Gasteiger partial charge in [0, 0.05) is 96.8 Å². The van der Waals surface area contributed by atoms with Crippen molar-refractivity contribution in [1.82, 2.24) is 57.7 Å². The number of carbonyl (C=O) groups is 7. The lowest BCUT2D eigenvalue weighted by atomic mass is 9.69. The monoisotopic (exact) mass is 1920 g/mol. The highest BCUT2D eigenvalue weighted by molar-refractivity contribution is 7.90. The highest BCUT2D eigenvalue weighted by atomic mass is 32.2. The van der Waals surface area contributed by atoms with Gasteiger partial charge in [-0.15, -0.1) is 0 Å². The van der Waals surface area contributed by atoms with Crippen LogP contribution in [0.4, 0.5) is 28.8 Å². The van der Waals surface area contributed by atoms with Crippen LogP contribution in [0.25, 0.3) is 0 Å². The Labute approximate surface area is 823 Å². The maximum Gasteiger partial charge on any atom is 0.407 e. The van der Waals surface area contributed by atoms with Gasteiger partial charge in [-0.3, -0.25) is 4.79 Å². The van der Waals surface area contributed by atoms with E-state index in [0.717, 1.165) is 160 Å². The predicted molar refractivity (Wildman–Crippen MR) is 558 cm³/mol. The van der Waals surface area contributed by atoms with Crippen LogP contribution < -0.4 is 57.3 Å². The molecule has 8 aliphatic rings. The predicted octanol–water partition coefficient (Wildman–Crippen LogP) is 24.6. The quantitative estimate of drug-likeness (QED) is 0.0501. The fraction of sp³-hybridized carbons (Fsp3) is 0.827. The molecule has 0 bridgehead atoms. The van der Waals surface area contributed by atoms with Gasteiger partial charge in [-0.25, -0.2) is 37.2 Å². The van der Waals surface area contributed by atoms with Crippen molar-refractivity contribution in [3.63, 3.8) is 0 Å². The van der Waals surface area contributed by atoms with Crippen LogP contribution in [0.5, 0.6) is 11.5 Å². The number of rotatable bonds is 23. The third-order valence-corrected chi connectivity index (χ3v) is 26.2. The number of nitrogens with zero attached hydrogens (tertiary/aromatic N) is 2. The Bertz CT molecular complexity index is 3870. The summed E-state index contributed by atoms with van der Waals surface area (Å²) in [6.45, 7) is 68.5. The minimum absolute atomic E-state index is 0.0139. The van der Waals surface area contributed by atoms with Crippen LogP contribution in [0.1, 0.15) is 380 Å². The number of hydrogen-bond donors (Lipinski definition) is 9. The molecule has 25 heteroatoms. The normalized spacial score (nSPS) is 24.5. The number of hydrogen-bond acceptors (Lipinski definition) is 13. The fourth-order valence-corrected chi connectivity index (χ4v) is 21.1. The van der Waals surface area contributed by atoms with Crippen LogP contribution in [0, 0.1) is 96.6 Å². The van der Waals surface area contributed by atoms with Crippen molar-refractivity contribution in [3.8, 4) is 11.5 Å². The molecule has 2 aromatic carbocycles. The van der Waals surface area contributed by atoms with Gasteiger partial charge in [0.25, 0.3) is 0 Å². The molecule has 135 heavy (non-hydrogen) atoms. The van der Waals surface area contributed by atoms with E-state index in [4.69, 9.17) is 18.9 Å². The Balaban J connectivity index is 0.000000400. The van der Waals surface area contributed by atoms with E-state index in [1.165, 1.54) is 70.5 Å². The van der Waals surface area contributed by atoms with Gasteiger partial charge in [0.15, 0.2) is 0 Å². The zero-order chi connectivity index (χ0) is 103. The zero-order valence-corrected chi connectivity index (χ0v) is 93.4. The molecule has 11 amide bonds. The molecule has 9 N–H and O–H groups in total. The molecule has 0 aromatic heterocycles. The molecule has 10 rings (SSSR count). The summed E-state index contributed by atoms with van der Waals surface area (Å²) < 4.78 is 42.8. The second-order valence-electron chi connectivity index (χ2n) is 53.5. The minimum atomic E-state index is -2.75. The number of alkyl carbamates (subject to hydrolysis) is 2. The maximum atomic E-state index is 12.3. The van der Waals surface area contributed by atoms with E-state index in [1.54, 1.807) is 52.1 Å². The zero-order valence-electron chi connectivity index (χ0n) is 92.6. The lowest BCUT2D eigenvalue weighted by molar-refractivity contribution is -0.120. The van der Waals surface area contributed by atoms with Crippen molar-refractivity contribution in [1.29, 1.82) is 0 Å². The number of carbonyl (C=O) groups excluding carboxylic acids is 7. The Morgan fingerprint density at radius 1 is 0.333 bits per heavy atom. The van der Waals surface area contributed by atoms with Gasteiger partial charge in [-0.1, -0.05) is 190 Å². The van der Waals surface area contributed by atoms with Crippen LogP contribution in [-0.2, 0) is 37.2 Å². The van der Waals surface area contributed by atoms with Crippen molar-refractivity contribution in [2.75, 3.05) is 54.4 Å². The van der Waals surface area contributed by atoms with Crippen molar-refractivity contribution in [2.45, 2.75) is 435 Å². The van der Waals surface area contributed by atoms with E-state index in [1.807, 2.05) is 97.1 Å². The lowest BCUT2D eigenvalue weighted by Gasteiger charge is -2.39. The fourth-order valence-electron chi connectivity index (χ4n) is 20.0. The van der Waals surface area contributed by atoms with E-state index < -0.39 is 21.0 Å². The Kier molecular flexibility index (Phi) is 48.6. The van der Waals surface area contributed by atoms with Crippen molar-refractivity contribution in [2.24, 2.45) is 96.6 Å². The molecule has 0 unspecified atom stereocenters. The van der Waals surface area contributed by atoms with E-state index in [2.05, 4.69) is 214 Å². The number of methoxy groups -OCH3 is 2. The van der Waals surface area contributed by atoms with Crippen molar-refractivity contribution in [3.05, 3.63) is 59.7 Å². The van der Waals surface area contributed by atoms with E-state index >= 15 is 0 Å². The molecule has 8 fully saturated rings. The first kappa shape index (κ1) is 122. The molecular weight excluding hydrogens is 1720 g/mol. The largest absolute Gasteiger partial charge is 0.497 e. The molecule has 0 radical (unpaired) electrons. The van der Waals surface area contributed by atoms with E-state index in [0.29, 0.717) is 110 Å². The van der Waals surface area contributed by atoms with Crippen molar-refractivity contribution < 1.29 is 60.9 Å². The highest BCUT2D eigenvalue weighted by Gasteiger charge is 2.41. The molecule has 0 spiro atoms. The summed E-state index contributed by atoms with van der Waals surface area (Å²) in [6.07, 6.45) is 28.7. The van der Waals surface area contributed by atoms with E-state index in [-0.39, 0.29) is 42.2 Å². The molecule has 8 aliphatic carbocycles. The van der Waals surface area contributed by atoms with Gasteiger partial charge in [0.2, 0.25) is 5.91 Å². The first-order chi connectivity index (χ1) is 61.4. The molecular formula is C110H201N11O13S. The number of sulfone groups is 1. The molecule has 8 saturated carbocycles. The third-order valence-electron chi connectivity index (χ3n) is 25.1. The van der Waals surface area contributed by atoms with Crippen LogP contribution >= 0.6 is 0 Å². The molecule has 2 aromatic rings. The summed E-state index contributed by atoms with van der Waals surface area (Å²) in [5.41, 5.74) is 4.56. The number of ether oxygens (including phenoxy) is 4. The average molecular weight is 1920 g/mol. The topological polar surface area (TPSA) is 305 Å². The van der Waals surface area contributed by atoms with Gasteiger partial charge < -0.3 is 76.6 Å². The van der Waals surface area contributed by atoms with Crippen LogP contribution in [0.15, 0.2) is 48.5 Å². The Morgan fingerprint density at radius 2 is 0.578 bits per heavy atom. The first-order valence-corrected chi connectivity index (χ1v) is 53.2. The number of amides is 11. The molecule has 0 heterocycles. The SMILES string of the molecule is CC(=O)NC1CC(CC(C)(C)C)C1.CC(C)(C)CC1CC(CS(C)(=O)=O)C1.CC(C)(C)CC1CC(NC(=O)OC(C)(C)C)C1.CC(C)(C)CC1CC(NC(=O)OC(C)(C)C)C1.CN(C)C(=O)NC1CC(CC(C)(C)C)C1.CNC(=O)NC1CC(CC(C)(C)C)C1.COc1ccc(CN(C)C(=O)NC2CC(CC(C)(C)C)C2)cc1.COc1ccc(CNC(=O)NC2CC(CC(C)(C)C)C2)cc1. The molecule has 0 aliphatic heterocycles. The van der Waals surface area contributed by atoms with Crippen LogP contribution in [0.2, 0.25) is 0 Å². The summed E-state index contributed by atoms with van der Waals surface area (Å²) in [6, 6.07) is 18.1. The van der Waals surface area contributed by atoms with E-state index in [9.17, 15) is 42.0 Å². The summed E-state index contributed by atoms with van der Waals surface area (Å²) >= 11 is 0. The molecule has 0 atom stereocenters. The van der Waals surface area contributed by atoms with Crippen molar-refractivity contribution >= 4 is 52.1 Å². The molecule has 0 saturated heterocycles. The van der Waals surface area contributed by atoms with Crippen LogP contribution in [0.3, 0.4) is 0 Å². The smallest absolute Gasteiger partial charge is 0.407 e. The van der Waals surface area contributed by atoms with Gasteiger partial charge in [0.05, 0.1) is 20.0 Å². The summed E-state index contributed by atoms with van der Waals surface area (Å²) in [4.78, 5) is 83.6.